The maximum Gasteiger partial charge on any atom is 0.368 e. The maximum absolute atomic E-state index is 3.60. The lowest BCUT2D eigenvalue weighted by Gasteiger charge is -2.16. The Morgan fingerprint density at radius 2 is 1.81 bits per heavy atom. The SMILES string of the molecule is CC(C)(C)[NH2+]CCn1c(-c2ccc(Br)cc2)c[n+]2c3ccccc3[nH]c12. The number of nitrogens with two attached hydrogens (primary N) is 1. The fourth-order valence-electron chi connectivity index (χ4n) is 3.42. The van der Waals surface area contributed by atoms with Gasteiger partial charge in [-0.1, -0.05) is 40.2 Å². The summed E-state index contributed by atoms with van der Waals surface area (Å²) in [5.74, 6) is 1.13. The van der Waals surface area contributed by atoms with E-state index in [1.165, 1.54) is 22.3 Å². The molecule has 5 heteroatoms. The van der Waals surface area contributed by atoms with Gasteiger partial charge in [-0.25, -0.2) is 9.55 Å². The van der Waals surface area contributed by atoms with Crippen molar-refractivity contribution in [1.82, 2.24) is 9.55 Å². The molecule has 0 spiro atoms. The van der Waals surface area contributed by atoms with Gasteiger partial charge in [-0.3, -0.25) is 0 Å². The Bertz CT molecular complexity index is 1050. The highest BCUT2D eigenvalue weighted by molar-refractivity contribution is 9.10. The highest BCUT2D eigenvalue weighted by Gasteiger charge is 2.23. The molecule has 2 aromatic carbocycles. The summed E-state index contributed by atoms with van der Waals surface area (Å²) in [7, 11) is 0. The zero-order valence-electron chi connectivity index (χ0n) is 15.5. The number of H-pyrrole nitrogens is 1. The predicted octanol–water partition coefficient (Wildman–Crippen LogP) is 3.50. The number of fused-ring (bicyclic) bond motifs is 3. The van der Waals surface area contributed by atoms with Crippen LogP contribution in [0.2, 0.25) is 0 Å². The molecule has 2 aromatic heterocycles. The van der Waals surface area contributed by atoms with Crippen LogP contribution in [0.5, 0.6) is 0 Å². The molecule has 0 unspecified atom stereocenters. The third-order valence-electron chi connectivity index (χ3n) is 4.69. The topological polar surface area (TPSA) is 41.4 Å². The number of imidazole rings is 2. The first-order valence-corrected chi connectivity index (χ1v) is 9.84. The first kappa shape index (κ1) is 17.3. The summed E-state index contributed by atoms with van der Waals surface area (Å²) in [6.45, 7) is 8.75. The molecule has 0 aliphatic carbocycles. The quantitative estimate of drug-likeness (QED) is 0.481. The van der Waals surface area contributed by atoms with E-state index in [1.54, 1.807) is 0 Å². The van der Waals surface area contributed by atoms with Crippen molar-refractivity contribution in [2.45, 2.75) is 32.9 Å². The van der Waals surface area contributed by atoms with Crippen molar-refractivity contribution in [1.29, 1.82) is 0 Å². The van der Waals surface area contributed by atoms with Crippen molar-refractivity contribution < 1.29 is 9.72 Å². The molecule has 2 heterocycles. The van der Waals surface area contributed by atoms with Crippen molar-refractivity contribution >= 4 is 32.7 Å². The average molecular weight is 413 g/mol. The van der Waals surface area contributed by atoms with E-state index in [1.807, 2.05) is 0 Å². The van der Waals surface area contributed by atoms with Gasteiger partial charge >= 0.3 is 5.78 Å². The number of nitrogens with one attached hydrogen (secondary N) is 1. The number of quaternary nitrogens is 1. The predicted molar refractivity (Wildman–Crippen MR) is 109 cm³/mol. The zero-order chi connectivity index (χ0) is 18.3. The fraction of sp³-hybridized carbons (Fsp3) is 0.286. The molecule has 0 atom stereocenters. The molecule has 0 saturated heterocycles. The highest BCUT2D eigenvalue weighted by atomic mass is 79.9. The van der Waals surface area contributed by atoms with Gasteiger partial charge < -0.3 is 5.32 Å². The third kappa shape index (κ3) is 3.29. The summed E-state index contributed by atoms with van der Waals surface area (Å²) >= 11 is 3.54. The van der Waals surface area contributed by atoms with Gasteiger partial charge in [-0.15, -0.1) is 0 Å². The van der Waals surface area contributed by atoms with Crippen LogP contribution >= 0.6 is 15.9 Å². The second kappa shape index (κ2) is 6.56. The second-order valence-corrected chi connectivity index (χ2v) is 8.78. The fourth-order valence-corrected chi connectivity index (χ4v) is 3.69. The van der Waals surface area contributed by atoms with Crippen LogP contribution in [0.1, 0.15) is 20.8 Å². The normalized spacial score (nSPS) is 12.3. The lowest BCUT2D eigenvalue weighted by Crippen LogP contribution is -2.94. The molecule has 0 aliphatic rings. The maximum atomic E-state index is 3.60. The molecule has 4 aromatic rings. The van der Waals surface area contributed by atoms with E-state index in [4.69, 9.17) is 0 Å². The first-order chi connectivity index (χ1) is 12.4. The van der Waals surface area contributed by atoms with E-state index in [9.17, 15) is 0 Å². The summed E-state index contributed by atoms with van der Waals surface area (Å²) in [6, 6.07) is 17.0. The van der Waals surface area contributed by atoms with Gasteiger partial charge in [-0.2, -0.15) is 4.40 Å². The number of para-hydroxylation sites is 2. The number of benzene rings is 2. The van der Waals surface area contributed by atoms with Crippen LogP contribution in [0.4, 0.5) is 0 Å². The molecule has 4 rings (SSSR count). The largest absolute Gasteiger partial charge is 0.368 e. The van der Waals surface area contributed by atoms with Gasteiger partial charge in [0.25, 0.3) is 0 Å². The van der Waals surface area contributed by atoms with Crippen LogP contribution in [-0.2, 0) is 6.54 Å². The Morgan fingerprint density at radius 1 is 1.08 bits per heavy atom. The summed E-state index contributed by atoms with van der Waals surface area (Å²) in [5.41, 5.74) is 5.07. The Morgan fingerprint density at radius 3 is 2.54 bits per heavy atom. The van der Waals surface area contributed by atoms with Crippen LogP contribution < -0.4 is 9.72 Å². The Balaban J connectivity index is 1.83. The summed E-state index contributed by atoms with van der Waals surface area (Å²) in [5, 5.41) is 2.40. The molecule has 0 bridgehead atoms. The standard InChI is InChI=1S/C21H23BrN4/c1-21(2,3)23-12-13-25-19(15-8-10-16(22)11-9-15)14-26-18-7-5-4-6-17(18)24-20(25)26/h4-11,14,23H,12-13H2,1-3H3/p+2. The van der Waals surface area contributed by atoms with Gasteiger partial charge in [0.2, 0.25) is 0 Å². The van der Waals surface area contributed by atoms with Crippen molar-refractivity contribution in [2.24, 2.45) is 0 Å². The number of hydrogen-bond donors (Lipinski definition) is 2. The minimum Gasteiger partial charge on any atom is -0.339 e. The number of halogens is 1. The second-order valence-electron chi connectivity index (χ2n) is 7.87. The van der Waals surface area contributed by atoms with E-state index in [0.29, 0.717) is 0 Å². The van der Waals surface area contributed by atoms with Crippen molar-refractivity contribution in [3.8, 4) is 11.3 Å². The summed E-state index contributed by atoms with van der Waals surface area (Å²) in [4.78, 5) is 3.60. The van der Waals surface area contributed by atoms with Crippen LogP contribution in [-0.4, -0.2) is 21.6 Å². The molecular weight excluding hydrogens is 388 g/mol. The highest BCUT2D eigenvalue weighted by Crippen LogP contribution is 2.24. The van der Waals surface area contributed by atoms with Gasteiger partial charge in [0, 0.05) is 10.0 Å². The van der Waals surface area contributed by atoms with Crippen LogP contribution in [0, 0.1) is 0 Å². The molecule has 0 saturated carbocycles. The molecule has 26 heavy (non-hydrogen) atoms. The molecule has 4 nitrogen and oxygen atoms in total. The molecule has 3 N–H and O–H groups in total. The number of aromatic nitrogens is 3. The summed E-state index contributed by atoms with van der Waals surface area (Å²) in [6.07, 6.45) is 2.24. The Labute approximate surface area is 162 Å². The number of rotatable bonds is 4. The monoisotopic (exact) mass is 412 g/mol. The van der Waals surface area contributed by atoms with Crippen LogP contribution in [0.3, 0.4) is 0 Å². The molecule has 0 aliphatic heterocycles. The Hall–Kier alpha value is -2.11. The van der Waals surface area contributed by atoms with Gasteiger partial charge in [-0.05, 0) is 45.0 Å². The van der Waals surface area contributed by atoms with Gasteiger partial charge in [0.15, 0.2) is 0 Å². The lowest BCUT2D eigenvalue weighted by atomic mass is 10.1. The number of aromatic amines is 1. The van der Waals surface area contributed by atoms with E-state index in [2.05, 4.69) is 111 Å². The zero-order valence-corrected chi connectivity index (χ0v) is 17.0. The van der Waals surface area contributed by atoms with E-state index in [0.717, 1.165) is 23.3 Å². The van der Waals surface area contributed by atoms with Gasteiger partial charge in [0.05, 0.1) is 5.54 Å². The lowest BCUT2D eigenvalue weighted by molar-refractivity contribution is -0.717. The number of hydrogen-bond acceptors (Lipinski definition) is 0. The average Bonchev–Trinajstić information content (AvgIpc) is 3.11. The Kier molecular flexibility index (Phi) is 4.37. The van der Waals surface area contributed by atoms with E-state index in [-0.39, 0.29) is 5.54 Å². The van der Waals surface area contributed by atoms with Crippen molar-refractivity contribution in [3.05, 3.63) is 59.2 Å². The minimum absolute atomic E-state index is 0.234. The molecular formula is C21H25BrN4+2. The van der Waals surface area contributed by atoms with E-state index >= 15 is 0 Å². The molecule has 0 fully saturated rings. The minimum atomic E-state index is 0.234. The van der Waals surface area contributed by atoms with Crippen molar-refractivity contribution in [3.63, 3.8) is 0 Å². The molecule has 0 radical (unpaired) electrons. The van der Waals surface area contributed by atoms with Crippen LogP contribution in [0.25, 0.3) is 28.1 Å². The molecule has 0 amide bonds. The smallest absolute Gasteiger partial charge is 0.339 e. The molecule has 134 valence electrons. The number of nitrogens with zero attached hydrogens (tertiary/aromatic N) is 2. The van der Waals surface area contributed by atoms with Crippen molar-refractivity contribution in [2.75, 3.05) is 6.54 Å². The summed E-state index contributed by atoms with van der Waals surface area (Å²) < 4.78 is 5.76. The third-order valence-corrected chi connectivity index (χ3v) is 5.21. The van der Waals surface area contributed by atoms with Crippen LogP contribution in [0.15, 0.2) is 59.2 Å². The van der Waals surface area contributed by atoms with E-state index < -0.39 is 0 Å². The first-order valence-electron chi connectivity index (χ1n) is 9.04. The van der Waals surface area contributed by atoms with Gasteiger partial charge in [0.1, 0.15) is 36.0 Å².